The van der Waals surface area contributed by atoms with E-state index in [0.29, 0.717) is 6.04 Å². The Morgan fingerprint density at radius 3 is 2.42 bits per heavy atom. The molecule has 0 saturated heterocycles. The normalized spacial score (nSPS) is 15.7. The van der Waals surface area contributed by atoms with Gasteiger partial charge in [-0.05, 0) is 25.0 Å². The van der Waals surface area contributed by atoms with Crippen LogP contribution in [0.3, 0.4) is 0 Å². The fourth-order valence-electron chi connectivity index (χ4n) is 3.97. The van der Waals surface area contributed by atoms with Crippen molar-refractivity contribution >= 4 is 22.9 Å². The highest BCUT2D eigenvalue weighted by Crippen LogP contribution is 2.32. The molecule has 0 aromatic carbocycles. The zero-order chi connectivity index (χ0) is 18.0. The van der Waals surface area contributed by atoms with Crippen LogP contribution in [0.1, 0.15) is 96.4 Å². The summed E-state index contributed by atoms with van der Waals surface area (Å²) in [4.78, 5) is 13.7. The number of imidazole rings is 1. The average molecular weight is 375 g/mol. The smallest absolute Gasteiger partial charge is 0.164 e. The molecule has 0 aliphatic heterocycles. The number of nitrogens with zero attached hydrogens (tertiary/aromatic N) is 4. The maximum Gasteiger partial charge on any atom is 0.164 e. The molecule has 1 saturated carbocycles. The second-order valence-electron chi connectivity index (χ2n) is 7.62. The largest absolute Gasteiger partial charge is 0.312 e. The summed E-state index contributed by atoms with van der Waals surface area (Å²) in [5.74, 6) is 1.14. The van der Waals surface area contributed by atoms with E-state index in [2.05, 4.69) is 26.4 Å². The highest BCUT2D eigenvalue weighted by atomic mass is 32.2. The monoisotopic (exact) mass is 374 g/mol. The van der Waals surface area contributed by atoms with Crippen LogP contribution in [0.15, 0.2) is 17.7 Å². The van der Waals surface area contributed by atoms with Gasteiger partial charge >= 0.3 is 0 Å². The summed E-state index contributed by atoms with van der Waals surface area (Å²) in [5, 5.41) is 1.06. The predicted molar refractivity (Wildman–Crippen MR) is 111 cm³/mol. The maximum atomic E-state index is 4.67. The maximum absolute atomic E-state index is 4.67. The van der Waals surface area contributed by atoms with E-state index in [0.717, 1.165) is 21.9 Å². The molecular formula is C21H34N4S. The molecule has 144 valence electrons. The van der Waals surface area contributed by atoms with Crippen molar-refractivity contribution in [2.24, 2.45) is 0 Å². The zero-order valence-corrected chi connectivity index (χ0v) is 17.1. The second-order valence-corrected chi connectivity index (χ2v) is 8.70. The van der Waals surface area contributed by atoms with Crippen LogP contribution in [-0.4, -0.2) is 25.3 Å². The van der Waals surface area contributed by atoms with Gasteiger partial charge in [0.25, 0.3) is 0 Å². The minimum Gasteiger partial charge on any atom is -0.312 e. The van der Waals surface area contributed by atoms with E-state index >= 15 is 0 Å². The molecule has 2 aromatic rings. The standard InChI is InChI=1S/C21H34N4S/c1-2-3-4-5-6-7-8-12-15-26-21-19-20(22-16-23-21)25(17-24-19)18-13-10-9-11-14-18/h16-18H,2-15H2,1H3. The highest BCUT2D eigenvalue weighted by Gasteiger charge is 2.19. The van der Waals surface area contributed by atoms with Crippen LogP contribution in [0.4, 0.5) is 0 Å². The van der Waals surface area contributed by atoms with E-state index in [1.165, 1.54) is 83.5 Å². The fourth-order valence-corrected chi connectivity index (χ4v) is 4.91. The molecule has 4 nitrogen and oxygen atoms in total. The van der Waals surface area contributed by atoms with Crippen molar-refractivity contribution in [3.05, 3.63) is 12.7 Å². The molecule has 5 heteroatoms. The van der Waals surface area contributed by atoms with Crippen LogP contribution in [0, 0.1) is 0 Å². The lowest BCUT2D eigenvalue weighted by Crippen LogP contribution is -2.12. The van der Waals surface area contributed by atoms with Crippen molar-refractivity contribution in [1.29, 1.82) is 0 Å². The van der Waals surface area contributed by atoms with Gasteiger partial charge in [0.2, 0.25) is 0 Å². The number of unbranched alkanes of at least 4 members (excludes halogenated alkanes) is 7. The Balaban J connectivity index is 1.46. The van der Waals surface area contributed by atoms with Gasteiger partial charge in [0, 0.05) is 6.04 Å². The molecule has 0 atom stereocenters. The van der Waals surface area contributed by atoms with Crippen LogP contribution in [-0.2, 0) is 0 Å². The molecule has 2 heterocycles. The molecule has 0 radical (unpaired) electrons. The fraction of sp³-hybridized carbons (Fsp3) is 0.762. The van der Waals surface area contributed by atoms with E-state index in [9.17, 15) is 0 Å². The van der Waals surface area contributed by atoms with Crippen molar-refractivity contribution in [2.75, 3.05) is 5.75 Å². The first kappa shape index (κ1) is 19.7. The van der Waals surface area contributed by atoms with E-state index in [4.69, 9.17) is 0 Å². The van der Waals surface area contributed by atoms with Crippen LogP contribution >= 0.6 is 11.8 Å². The SMILES string of the molecule is CCCCCCCCCCSc1ncnc2c1ncn2C1CCCCC1. The van der Waals surface area contributed by atoms with Crippen molar-refractivity contribution in [1.82, 2.24) is 19.5 Å². The van der Waals surface area contributed by atoms with Crippen molar-refractivity contribution < 1.29 is 0 Å². The summed E-state index contributed by atoms with van der Waals surface area (Å²) in [6, 6.07) is 0.578. The number of hydrogen-bond acceptors (Lipinski definition) is 4. The molecule has 0 bridgehead atoms. The van der Waals surface area contributed by atoms with Crippen LogP contribution in [0.2, 0.25) is 0 Å². The molecule has 0 amide bonds. The summed E-state index contributed by atoms with van der Waals surface area (Å²) in [6.07, 6.45) is 21.2. The lowest BCUT2D eigenvalue weighted by molar-refractivity contribution is 0.358. The number of thioether (sulfide) groups is 1. The van der Waals surface area contributed by atoms with Gasteiger partial charge in [0.1, 0.15) is 16.9 Å². The summed E-state index contributed by atoms with van der Waals surface area (Å²) < 4.78 is 2.30. The third-order valence-electron chi connectivity index (χ3n) is 5.53. The average Bonchev–Trinajstić information content (AvgIpc) is 3.12. The van der Waals surface area contributed by atoms with Crippen molar-refractivity contribution in [3.8, 4) is 0 Å². The van der Waals surface area contributed by atoms with Crippen molar-refractivity contribution in [3.63, 3.8) is 0 Å². The molecule has 1 aliphatic rings. The highest BCUT2D eigenvalue weighted by molar-refractivity contribution is 7.99. The van der Waals surface area contributed by atoms with Gasteiger partial charge in [-0.25, -0.2) is 15.0 Å². The van der Waals surface area contributed by atoms with Gasteiger partial charge in [0.05, 0.1) is 6.33 Å². The number of hydrogen-bond donors (Lipinski definition) is 0. The number of rotatable bonds is 11. The topological polar surface area (TPSA) is 43.6 Å². The molecule has 0 unspecified atom stereocenters. The van der Waals surface area contributed by atoms with Gasteiger partial charge in [-0.1, -0.05) is 71.1 Å². The molecule has 1 aliphatic carbocycles. The summed E-state index contributed by atoms with van der Waals surface area (Å²) in [6.45, 7) is 2.28. The van der Waals surface area contributed by atoms with Gasteiger partial charge in [0.15, 0.2) is 5.65 Å². The Morgan fingerprint density at radius 2 is 1.65 bits per heavy atom. The third kappa shape index (κ3) is 5.45. The first-order chi connectivity index (χ1) is 12.9. The van der Waals surface area contributed by atoms with Crippen LogP contribution in [0.5, 0.6) is 0 Å². The Morgan fingerprint density at radius 1 is 0.923 bits per heavy atom. The zero-order valence-electron chi connectivity index (χ0n) is 16.3. The first-order valence-electron chi connectivity index (χ1n) is 10.7. The summed E-state index contributed by atoms with van der Waals surface area (Å²) in [5.41, 5.74) is 2.04. The molecular weight excluding hydrogens is 340 g/mol. The van der Waals surface area contributed by atoms with Crippen LogP contribution < -0.4 is 0 Å². The van der Waals surface area contributed by atoms with E-state index in [1.54, 1.807) is 6.33 Å². The molecule has 0 spiro atoms. The van der Waals surface area contributed by atoms with Gasteiger partial charge in [-0.3, -0.25) is 0 Å². The van der Waals surface area contributed by atoms with E-state index in [1.807, 2.05) is 18.1 Å². The Hall–Kier alpha value is -1.10. The Kier molecular flexibility index (Phi) is 8.24. The second kappa shape index (κ2) is 10.9. The number of fused-ring (bicyclic) bond motifs is 1. The minimum atomic E-state index is 0.578. The lowest BCUT2D eigenvalue weighted by atomic mass is 9.95. The van der Waals surface area contributed by atoms with Gasteiger partial charge in [-0.15, -0.1) is 11.8 Å². The van der Waals surface area contributed by atoms with Crippen LogP contribution in [0.25, 0.3) is 11.2 Å². The molecule has 26 heavy (non-hydrogen) atoms. The van der Waals surface area contributed by atoms with Gasteiger partial charge < -0.3 is 4.57 Å². The summed E-state index contributed by atoms with van der Waals surface area (Å²) in [7, 11) is 0. The number of aromatic nitrogens is 4. The van der Waals surface area contributed by atoms with E-state index < -0.39 is 0 Å². The Bertz CT molecular complexity index is 648. The molecule has 2 aromatic heterocycles. The third-order valence-corrected chi connectivity index (χ3v) is 6.59. The quantitative estimate of drug-likeness (QED) is 0.254. The summed E-state index contributed by atoms with van der Waals surface area (Å²) >= 11 is 1.85. The first-order valence-corrected chi connectivity index (χ1v) is 11.7. The lowest BCUT2D eigenvalue weighted by Gasteiger charge is -2.23. The predicted octanol–water partition coefficient (Wildman–Crippen LogP) is 6.56. The molecule has 0 N–H and O–H groups in total. The molecule has 3 rings (SSSR count). The Labute approximate surface area is 162 Å². The van der Waals surface area contributed by atoms with Crippen molar-refractivity contribution in [2.45, 2.75) is 101 Å². The molecule has 1 fully saturated rings. The van der Waals surface area contributed by atoms with E-state index in [-0.39, 0.29) is 0 Å². The van der Waals surface area contributed by atoms with Gasteiger partial charge in [-0.2, -0.15) is 0 Å². The minimum absolute atomic E-state index is 0.578.